The molecule has 122 valence electrons. The van der Waals surface area contributed by atoms with Crippen molar-refractivity contribution < 1.29 is 23.1 Å². The summed E-state index contributed by atoms with van der Waals surface area (Å²) in [5.74, 6) is -1.43. The molecule has 0 saturated carbocycles. The van der Waals surface area contributed by atoms with Crippen molar-refractivity contribution >= 4 is 21.9 Å². The molecule has 1 fully saturated rings. The first-order valence-electron chi connectivity index (χ1n) is 7.12. The maximum Gasteiger partial charge on any atom is 0.305 e. The smallest absolute Gasteiger partial charge is 0.305 e. The second kappa shape index (κ2) is 7.22. The number of nitrogens with one attached hydrogen (secondary N) is 1. The molecule has 0 aliphatic carbocycles. The summed E-state index contributed by atoms with van der Waals surface area (Å²) < 4.78 is 24.7. The largest absolute Gasteiger partial charge is 0.481 e. The molecule has 0 spiro atoms. The molecule has 2 N–H and O–H groups in total. The third-order valence-electron chi connectivity index (χ3n) is 3.71. The minimum Gasteiger partial charge on any atom is -0.481 e. The van der Waals surface area contributed by atoms with E-state index in [1.165, 1.54) is 4.31 Å². The van der Waals surface area contributed by atoms with E-state index in [4.69, 9.17) is 5.11 Å². The number of sulfonamides is 1. The van der Waals surface area contributed by atoms with Crippen LogP contribution in [-0.2, 0) is 19.6 Å². The number of carbonyl (C=O) groups is 2. The highest BCUT2D eigenvalue weighted by Gasteiger charge is 2.35. The Kier molecular flexibility index (Phi) is 6.15. The molecule has 1 rings (SSSR count). The number of nitrogens with zero attached hydrogens (tertiary/aromatic N) is 1. The minimum atomic E-state index is -3.44. The maximum atomic E-state index is 12.3. The lowest BCUT2D eigenvalue weighted by molar-refractivity contribution is -0.138. The summed E-state index contributed by atoms with van der Waals surface area (Å²) in [6, 6.07) is -1.23. The standard InChI is InChI=1S/C13H24N2O5S/c1-9(2)10(8-12(16)17)14-13(18)11-6-4-5-7-15(11)21(3,19)20/h9-11H,4-8H2,1-3H3,(H,14,18)(H,16,17). The van der Waals surface area contributed by atoms with Crippen LogP contribution in [0, 0.1) is 5.92 Å². The number of rotatable bonds is 6. The molecule has 0 bridgehead atoms. The van der Waals surface area contributed by atoms with Crippen LogP contribution in [0.25, 0.3) is 0 Å². The molecule has 2 atom stereocenters. The first kappa shape index (κ1) is 17.9. The Balaban J connectivity index is 2.81. The predicted molar refractivity (Wildman–Crippen MR) is 78.2 cm³/mol. The van der Waals surface area contributed by atoms with Crippen molar-refractivity contribution in [2.24, 2.45) is 5.92 Å². The van der Waals surface area contributed by atoms with E-state index in [1.807, 2.05) is 13.8 Å². The molecule has 0 radical (unpaired) electrons. The molecule has 1 aliphatic heterocycles. The van der Waals surface area contributed by atoms with Gasteiger partial charge >= 0.3 is 5.97 Å². The third kappa shape index (κ3) is 5.28. The summed E-state index contributed by atoms with van der Waals surface area (Å²) in [4.78, 5) is 23.2. The molecule has 1 amide bonds. The fourth-order valence-electron chi connectivity index (χ4n) is 2.48. The Labute approximate surface area is 125 Å². The molecule has 7 nitrogen and oxygen atoms in total. The van der Waals surface area contributed by atoms with Gasteiger partial charge in [-0.1, -0.05) is 20.3 Å². The zero-order valence-electron chi connectivity index (χ0n) is 12.7. The summed E-state index contributed by atoms with van der Waals surface area (Å²) >= 11 is 0. The fraction of sp³-hybridized carbons (Fsp3) is 0.846. The molecule has 0 aromatic carbocycles. The second-order valence-corrected chi connectivity index (χ2v) is 7.78. The first-order valence-corrected chi connectivity index (χ1v) is 8.96. The Hall–Kier alpha value is -1.15. The van der Waals surface area contributed by atoms with Crippen LogP contribution in [0.2, 0.25) is 0 Å². The average Bonchev–Trinajstić information content (AvgIpc) is 2.36. The summed E-state index contributed by atoms with van der Waals surface area (Å²) in [5, 5.41) is 11.6. The van der Waals surface area contributed by atoms with Gasteiger partial charge in [0, 0.05) is 12.6 Å². The summed E-state index contributed by atoms with van der Waals surface area (Å²) in [6.07, 6.45) is 2.91. The zero-order chi connectivity index (χ0) is 16.2. The molecule has 0 aromatic rings. The van der Waals surface area contributed by atoms with Crippen molar-refractivity contribution in [1.82, 2.24) is 9.62 Å². The van der Waals surface area contributed by atoms with Crippen molar-refractivity contribution in [3.05, 3.63) is 0 Å². The van der Waals surface area contributed by atoms with E-state index in [2.05, 4.69) is 5.32 Å². The van der Waals surface area contributed by atoms with Crippen LogP contribution in [-0.4, -0.2) is 54.6 Å². The monoisotopic (exact) mass is 320 g/mol. The van der Waals surface area contributed by atoms with E-state index >= 15 is 0 Å². The summed E-state index contributed by atoms with van der Waals surface area (Å²) in [6.45, 7) is 3.98. The van der Waals surface area contributed by atoms with Gasteiger partial charge < -0.3 is 10.4 Å². The quantitative estimate of drug-likeness (QED) is 0.738. The van der Waals surface area contributed by atoms with Crippen molar-refractivity contribution in [3.8, 4) is 0 Å². The fourth-order valence-corrected chi connectivity index (χ4v) is 3.61. The molecule has 2 unspecified atom stereocenters. The molecule has 0 aromatic heterocycles. The van der Waals surface area contributed by atoms with Crippen molar-refractivity contribution in [2.75, 3.05) is 12.8 Å². The van der Waals surface area contributed by atoms with E-state index in [0.29, 0.717) is 13.0 Å². The van der Waals surface area contributed by atoms with Crippen molar-refractivity contribution in [1.29, 1.82) is 0 Å². The summed E-state index contributed by atoms with van der Waals surface area (Å²) in [7, 11) is -3.44. The van der Waals surface area contributed by atoms with Crippen LogP contribution in [0.1, 0.15) is 39.5 Å². The van der Waals surface area contributed by atoms with Gasteiger partial charge in [-0.25, -0.2) is 8.42 Å². The van der Waals surface area contributed by atoms with Gasteiger partial charge in [0.1, 0.15) is 6.04 Å². The number of carbonyl (C=O) groups excluding carboxylic acids is 1. The Morgan fingerprint density at radius 2 is 1.95 bits per heavy atom. The predicted octanol–water partition coefficient (Wildman–Crippen LogP) is 0.416. The molecular weight excluding hydrogens is 296 g/mol. The number of carboxylic acids is 1. The highest BCUT2D eigenvalue weighted by Crippen LogP contribution is 2.20. The van der Waals surface area contributed by atoms with E-state index in [0.717, 1.165) is 19.1 Å². The Morgan fingerprint density at radius 3 is 2.43 bits per heavy atom. The van der Waals surface area contributed by atoms with E-state index < -0.39 is 34.0 Å². The number of hydrogen-bond acceptors (Lipinski definition) is 4. The van der Waals surface area contributed by atoms with Crippen LogP contribution < -0.4 is 5.32 Å². The Morgan fingerprint density at radius 1 is 1.33 bits per heavy atom. The van der Waals surface area contributed by atoms with Crippen LogP contribution in [0.15, 0.2) is 0 Å². The lowest BCUT2D eigenvalue weighted by atomic mass is 9.99. The highest BCUT2D eigenvalue weighted by atomic mass is 32.2. The topological polar surface area (TPSA) is 104 Å². The van der Waals surface area contributed by atoms with Gasteiger partial charge in [-0.05, 0) is 18.8 Å². The van der Waals surface area contributed by atoms with Crippen LogP contribution in [0.3, 0.4) is 0 Å². The molecule has 1 aliphatic rings. The van der Waals surface area contributed by atoms with Gasteiger partial charge in [0.25, 0.3) is 0 Å². The molecule has 21 heavy (non-hydrogen) atoms. The van der Waals surface area contributed by atoms with Gasteiger partial charge in [-0.2, -0.15) is 4.31 Å². The number of carboxylic acid groups (broad SMARTS) is 1. The molecule has 8 heteroatoms. The lowest BCUT2D eigenvalue weighted by Gasteiger charge is -2.34. The Bertz CT molecular complexity index is 489. The number of amides is 1. The van der Waals surface area contributed by atoms with E-state index in [9.17, 15) is 18.0 Å². The zero-order valence-corrected chi connectivity index (χ0v) is 13.5. The highest BCUT2D eigenvalue weighted by molar-refractivity contribution is 7.88. The maximum absolute atomic E-state index is 12.3. The number of piperidine rings is 1. The third-order valence-corrected chi connectivity index (χ3v) is 5.00. The van der Waals surface area contributed by atoms with Gasteiger partial charge in [-0.3, -0.25) is 9.59 Å². The van der Waals surface area contributed by atoms with Gasteiger partial charge in [0.2, 0.25) is 15.9 Å². The van der Waals surface area contributed by atoms with Gasteiger partial charge in [-0.15, -0.1) is 0 Å². The number of hydrogen-bond donors (Lipinski definition) is 2. The average molecular weight is 320 g/mol. The SMILES string of the molecule is CC(C)C(CC(=O)O)NC(=O)C1CCCCN1S(C)(=O)=O. The van der Waals surface area contributed by atoms with Crippen molar-refractivity contribution in [2.45, 2.75) is 51.6 Å². The lowest BCUT2D eigenvalue weighted by Crippen LogP contribution is -2.54. The van der Waals surface area contributed by atoms with Crippen LogP contribution in [0.5, 0.6) is 0 Å². The van der Waals surface area contributed by atoms with Crippen LogP contribution >= 0.6 is 0 Å². The number of aliphatic carboxylic acids is 1. The van der Waals surface area contributed by atoms with E-state index in [1.54, 1.807) is 0 Å². The first-order chi connectivity index (χ1) is 9.62. The summed E-state index contributed by atoms with van der Waals surface area (Å²) in [5.41, 5.74) is 0. The van der Waals surface area contributed by atoms with Gasteiger partial charge in [0.05, 0.1) is 12.7 Å². The molecule has 1 saturated heterocycles. The van der Waals surface area contributed by atoms with Gasteiger partial charge in [0.15, 0.2) is 0 Å². The molecular formula is C13H24N2O5S. The second-order valence-electron chi connectivity index (χ2n) is 5.84. The normalized spacial score (nSPS) is 22.0. The minimum absolute atomic E-state index is 0.0414. The van der Waals surface area contributed by atoms with E-state index in [-0.39, 0.29) is 12.3 Å². The van der Waals surface area contributed by atoms with Crippen molar-refractivity contribution in [3.63, 3.8) is 0 Å². The van der Waals surface area contributed by atoms with Crippen LogP contribution in [0.4, 0.5) is 0 Å². The molecule has 1 heterocycles.